The van der Waals surface area contributed by atoms with E-state index in [4.69, 9.17) is 16.0 Å². The van der Waals surface area contributed by atoms with E-state index in [0.29, 0.717) is 60.6 Å². The Balaban J connectivity index is 1.53. The highest BCUT2D eigenvalue weighted by Crippen LogP contribution is 2.25. The Morgan fingerprint density at radius 2 is 1.88 bits per heavy atom. The smallest absolute Gasteiger partial charge is 0.329 e. The molecule has 0 aliphatic carbocycles. The van der Waals surface area contributed by atoms with Crippen LogP contribution in [0.15, 0.2) is 56.7 Å². The first-order valence-electron chi connectivity index (χ1n) is 10.4. The molecular formula is C22H21ClN6O4. The molecule has 1 N–H and O–H groups in total. The molecule has 1 amide bonds. The molecule has 33 heavy (non-hydrogen) atoms. The third-order valence-electron chi connectivity index (χ3n) is 5.85. The summed E-state index contributed by atoms with van der Waals surface area (Å²) in [7, 11) is 1.57. The number of halogens is 1. The fourth-order valence-corrected chi connectivity index (χ4v) is 4.27. The van der Waals surface area contributed by atoms with Crippen LogP contribution in [0.4, 0.5) is 5.95 Å². The number of hydrogen-bond acceptors (Lipinski definition) is 6. The van der Waals surface area contributed by atoms with Gasteiger partial charge in [0.15, 0.2) is 16.9 Å². The molecule has 5 rings (SSSR count). The minimum atomic E-state index is -0.532. The summed E-state index contributed by atoms with van der Waals surface area (Å²) >= 11 is 6.39. The van der Waals surface area contributed by atoms with Gasteiger partial charge in [-0.05, 0) is 23.8 Å². The molecule has 1 saturated heterocycles. The zero-order valence-electron chi connectivity index (χ0n) is 17.8. The van der Waals surface area contributed by atoms with Crippen molar-refractivity contribution in [1.29, 1.82) is 0 Å². The van der Waals surface area contributed by atoms with Gasteiger partial charge in [0, 0.05) is 38.2 Å². The number of aromatic amines is 1. The number of piperazine rings is 1. The highest BCUT2D eigenvalue weighted by atomic mass is 35.5. The number of hydrogen-bond donors (Lipinski definition) is 1. The van der Waals surface area contributed by atoms with E-state index in [1.54, 1.807) is 34.7 Å². The number of aromatic nitrogens is 4. The van der Waals surface area contributed by atoms with Crippen LogP contribution in [0.2, 0.25) is 5.02 Å². The lowest BCUT2D eigenvalue weighted by Gasteiger charge is -2.35. The van der Waals surface area contributed by atoms with Gasteiger partial charge in [0.1, 0.15) is 0 Å². The van der Waals surface area contributed by atoms with Crippen LogP contribution in [0.1, 0.15) is 16.1 Å². The van der Waals surface area contributed by atoms with Crippen LogP contribution in [0.5, 0.6) is 0 Å². The Hall–Kier alpha value is -3.79. The number of nitrogens with zero attached hydrogens (tertiary/aromatic N) is 5. The van der Waals surface area contributed by atoms with E-state index < -0.39 is 11.2 Å². The van der Waals surface area contributed by atoms with Crippen molar-refractivity contribution in [3.05, 3.63) is 79.8 Å². The van der Waals surface area contributed by atoms with Crippen molar-refractivity contribution in [3.8, 4) is 0 Å². The number of H-pyrrole nitrogens is 1. The number of rotatable bonds is 4. The first-order valence-corrected chi connectivity index (χ1v) is 10.8. The maximum Gasteiger partial charge on any atom is 0.329 e. The van der Waals surface area contributed by atoms with Gasteiger partial charge in [0.25, 0.3) is 11.5 Å². The molecule has 1 aliphatic rings. The summed E-state index contributed by atoms with van der Waals surface area (Å²) in [5, 5.41) is 0.570. The van der Waals surface area contributed by atoms with Gasteiger partial charge in [0.2, 0.25) is 5.95 Å². The van der Waals surface area contributed by atoms with Gasteiger partial charge in [-0.2, -0.15) is 4.98 Å². The van der Waals surface area contributed by atoms with Crippen molar-refractivity contribution in [1.82, 2.24) is 24.0 Å². The number of amides is 1. The van der Waals surface area contributed by atoms with Gasteiger partial charge in [0.05, 0.1) is 12.8 Å². The van der Waals surface area contributed by atoms with Gasteiger partial charge < -0.3 is 14.2 Å². The number of carbonyl (C=O) groups is 1. The molecule has 11 heteroatoms. The fraction of sp³-hybridized carbons (Fsp3) is 0.273. The lowest BCUT2D eigenvalue weighted by molar-refractivity contribution is 0.0714. The van der Waals surface area contributed by atoms with E-state index in [-0.39, 0.29) is 5.91 Å². The Labute approximate surface area is 192 Å². The molecule has 170 valence electrons. The standard InChI is InChI=1S/C22H21ClN6O4/c1-26-18-17(19(30)25-22(26)32)29(13-14-5-2-3-6-15(14)23)21(24-18)28-10-8-27(9-11-28)20(31)16-7-4-12-33-16/h2-7,12H,8-11,13H2,1H3,(H,25,30,32). The molecule has 4 heterocycles. The molecule has 1 fully saturated rings. The molecule has 0 bridgehead atoms. The molecule has 0 unspecified atom stereocenters. The quantitative estimate of drug-likeness (QED) is 0.488. The van der Waals surface area contributed by atoms with Crippen LogP contribution in [0.25, 0.3) is 11.2 Å². The van der Waals surface area contributed by atoms with Crippen molar-refractivity contribution in [2.75, 3.05) is 31.1 Å². The van der Waals surface area contributed by atoms with Crippen molar-refractivity contribution < 1.29 is 9.21 Å². The molecule has 0 saturated carbocycles. The van der Waals surface area contributed by atoms with E-state index in [2.05, 4.69) is 9.97 Å². The maximum atomic E-state index is 12.8. The number of furan rings is 1. The first-order chi connectivity index (χ1) is 15.9. The number of imidazole rings is 1. The van der Waals surface area contributed by atoms with Crippen LogP contribution in [-0.2, 0) is 13.6 Å². The normalized spacial score (nSPS) is 14.2. The fourth-order valence-electron chi connectivity index (χ4n) is 4.08. The second kappa shape index (κ2) is 8.28. The average Bonchev–Trinajstić information content (AvgIpc) is 3.48. The zero-order chi connectivity index (χ0) is 23.1. The van der Waals surface area contributed by atoms with Crippen LogP contribution in [-0.4, -0.2) is 56.1 Å². The van der Waals surface area contributed by atoms with E-state index in [1.165, 1.54) is 10.8 Å². The minimum Gasteiger partial charge on any atom is -0.459 e. The number of benzene rings is 1. The van der Waals surface area contributed by atoms with Crippen LogP contribution in [0.3, 0.4) is 0 Å². The van der Waals surface area contributed by atoms with Crippen molar-refractivity contribution in [3.63, 3.8) is 0 Å². The average molecular weight is 469 g/mol. The Morgan fingerprint density at radius 1 is 1.12 bits per heavy atom. The number of nitrogens with one attached hydrogen (secondary N) is 1. The second-order valence-electron chi connectivity index (χ2n) is 7.84. The lowest BCUT2D eigenvalue weighted by atomic mass is 10.2. The van der Waals surface area contributed by atoms with Gasteiger partial charge in [-0.1, -0.05) is 29.8 Å². The summed E-state index contributed by atoms with van der Waals surface area (Å²) in [4.78, 5) is 48.3. The SMILES string of the molecule is Cn1c(=O)[nH]c(=O)c2c1nc(N1CCN(C(=O)c3ccco3)CC1)n2Cc1ccccc1Cl. The first kappa shape index (κ1) is 21.1. The number of aryl methyl sites for hydroxylation is 1. The second-order valence-corrected chi connectivity index (χ2v) is 8.24. The minimum absolute atomic E-state index is 0.164. The Morgan fingerprint density at radius 3 is 2.58 bits per heavy atom. The number of carbonyl (C=O) groups excluding carboxylic acids is 1. The monoisotopic (exact) mass is 468 g/mol. The molecule has 3 aromatic heterocycles. The molecule has 10 nitrogen and oxygen atoms in total. The highest BCUT2D eigenvalue weighted by Gasteiger charge is 2.28. The number of anilines is 1. The van der Waals surface area contributed by atoms with E-state index in [0.717, 1.165) is 5.56 Å². The lowest BCUT2D eigenvalue weighted by Crippen LogP contribution is -2.49. The van der Waals surface area contributed by atoms with Crippen LogP contribution >= 0.6 is 11.6 Å². The van der Waals surface area contributed by atoms with Crippen molar-refractivity contribution >= 4 is 34.6 Å². The van der Waals surface area contributed by atoms with Gasteiger partial charge in [-0.15, -0.1) is 0 Å². The maximum absolute atomic E-state index is 12.8. The third-order valence-corrected chi connectivity index (χ3v) is 6.22. The highest BCUT2D eigenvalue weighted by molar-refractivity contribution is 6.31. The molecule has 1 aliphatic heterocycles. The summed E-state index contributed by atoms with van der Waals surface area (Å²) < 4.78 is 8.33. The van der Waals surface area contributed by atoms with E-state index >= 15 is 0 Å². The molecule has 4 aromatic rings. The molecule has 0 spiro atoms. The van der Waals surface area contributed by atoms with Gasteiger partial charge >= 0.3 is 5.69 Å². The third kappa shape index (κ3) is 3.72. The zero-order valence-corrected chi connectivity index (χ0v) is 18.6. The summed E-state index contributed by atoms with van der Waals surface area (Å²) in [5.74, 6) is 0.681. The summed E-state index contributed by atoms with van der Waals surface area (Å²) in [6, 6.07) is 10.7. The topological polar surface area (TPSA) is 109 Å². The molecule has 0 atom stereocenters. The predicted octanol–water partition coefficient (Wildman–Crippen LogP) is 1.68. The molecule has 1 aromatic carbocycles. The van der Waals surface area contributed by atoms with Gasteiger partial charge in [-0.3, -0.25) is 23.7 Å². The van der Waals surface area contributed by atoms with E-state index in [1.807, 2.05) is 23.1 Å². The molecule has 0 radical (unpaired) electrons. The van der Waals surface area contributed by atoms with Crippen LogP contribution < -0.4 is 16.1 Å². The van der Waals surface area contributed by atoms with E-state index in [9.17, 15) is 14.4 Å². The van der Waals surface area contributed by atoms with Crippen molar-refractivity contribution in [2.24, 2.45) is 7.05 Å². The Bertz CT molecular complexity index is 1440. The van der Waals surface area contributed by atoms with Gasteiger partial charge in [-0.25, -0.2) is 4.79 Å². The number of fused-ring (bicyclic) bond motifs is 1. The van der Waals surface area contributed by atoms with Crippen LogP contribution in [0, 0.1) is 0 Å². The summed E-state index contributed by atoms with van der Waals surface area (Å²) in [6.07, 6.45) is 1.47. The largest absolute Gasteiger partial charge is 0.459 e. The predicted molar refractivity (Wildman–Crippen MR) is 123 cm³/mol. The Kier molecular flexibility index (Phi) is 5.29. The molecular weight excluding hydrogens is 448 g/mol. The van der Waals surface area contributed by atoms with Crippen molar-refractivity contribution in [2.45, 2.75) is 6.54 Å². The summed E-state index contributed by atoms with van der Waals surface area (Å²) in [5.41, 5.74) is 0.362. The summed E-state index contributed by atoms with van der Waals surface area (Å²) in [6.45, 7) is 2.24.